The van der Waals surface area contributed by atoms with Gasteiger partial charge in [0.25, 0.3) is 0 Å². The van der Waals surface area contributed by atoms with E-state index in [0.29, 0.717) is 6.42 Å². The molecule has 34 heavy (non-hydrogen) atoms. The average molecular weight is 453 g/mol. The van der Waals surface area contributed by atoms with Gasteiger partial charge in [0, 0.05) is 12.0 Å². The molecule has 1 aliphatic heterocycles. The van der Waals surface area contributed by atoms with E-state index >= 15 is 0 Å². The third-order valence-corrected chi connectivity index (χ3v) is 6.30. The SMILES string of the molecule is COc1cccc(C2(c3cccc(OC)c3)OC(CCc3ccccc3)Oc3ccccc32)c1. The van der Waals surface area contributed by atoms with Crippen LogP contribution in [0, 0.1) is 0 Å². The average Bonchev–Trinajstić information content (AvgIpc) is 2.92. The van der Waals surface area contributed by atoms with Crippen LogP contribution in [0.4, 0.5) is 0 Å². The lowest BCUT2D eigenvalue weighted by Crippen LogP contribution is -2.43. The molecule has 0 radical (unpaired) electrons. The van der Waals surface area contributed by atoms with Crippen LogP contribution in [0.2, 0.25) is 0 Å². The van der Waals surface area contributed by atoms with Gasteiger partial charge in [-0.3, -0.25) is 0 Å². The van der Waals surface area contributed by atoms with Gasteiger partial charge in [-0.2, -0.15) is 0 Å². The van der Waals surface area contributed by atoms with Gasteiger partial charge >= 0.3 is 0 Å². The van der Waals surface area contributed by atoms with Crippen LogP contribution in [0.3, 0.4) is 0 Å². The second kappa shape index (κ2) is 9.62. The molecule has 1 atom stereocenters. The van der Waals surface area contributed by atoms with Crippen molar-refractivity contribution < 1.29 is 18.9 Å². The predicted molar refractivity (Wildman–Crippen MR) is 133 cm³/mol. The van der Waals surface area contributed by atoms with Crippen LogP contribution >= 0.6 is 0 Å². The second-order valence-corrected chi connectivity index (χ2v) is 8.33. The fourth-order valence-electron chi connectivity index (χ4n) is 4.63. The van der Waals surface area contributed by atoms with E-state index in [-0.39, 0.29) is 0 Å². The van der Waals surface area contributed by atoms with Crippen molar-refractivity contribution in [2.24, 2.45) is 0 Å². The summed E-state index contributed by atoms with van der Waals surface area (Å²) in [4.78, 5) is 0. The van der Waals surface area contributed by atoms with E-state index in [9.17, 15) is 0 Å². The second-order valence-electron chi connectivity index (χ2n) is 8.33. The summed E-state index contributed by atoms with van der Waals surface area (Å²) in [5, 5.41) is 0. The summed E-state index contributed by atoms with van der Waals surface area (Å²) in [7, 11) is 3.36. The van der Waals surface area contributed by atoms with Gasteiger partial charge in [0.2, 0.25) is 6.29 Å². The summed E-state index contributed by atoms with van der Waals surface area (Å²) in [6.45, 7) is 0. The molecule has 0 saturated carbocycles. The highest BCUT2D eigenvalue weighted by atomic mass is 16.7. The molecule has 0 saturated heterocycles. The van der Waals surface area contributed by atoms with Crippen molar-refractivity contribution in [2.45, 2.75) is 24.7 Å². The summed E-state index contributed by atoms with van der Waals surface area (Å²) in [5.41, 5.74) is 3.26. The van der Waals surface area contributed by atoms with Crippen LogP contribution in [-0.4, -0.2) is 20.5 Å². The molecule has 0 aromatic heterocycles. The predicted octanol–water partition coefficient (Wildman–Crippen LogP) is 6.36. The molecule has 4 heteroatoms. The Hall–Kier alpha value is -3.76. The molecule has 4 nitrogen and oxygen atoms in total. The normalized spacial score (nSPS) is 16.2. The number of hydrogen-bond donors (Lipinski definition) is 0. The summed E-state index contributed by atoms with van der Waals surface area (Å²) in [6, 6.07) is 34.6. The number of fused-ring (bicyclic) bond motifs is 1. The van der Waals surface area contributed by atoms with Gasteiger partial charge in [0.05, 0.1) is 14.2 Å². The van der Waals surface area contributed by atoms with Gasteiger partial charge in [-0.25, -0.2) is 0 Å². The van der Waals surface area contributed by atoms with Gasteiger partial charge in [0.15, 0.2) is 5.60 Å². The van der Waals surface area contributed by atoms with Gasteiger partial charge in [0.1, 0.15) is 17.2 Å². The quantitative estimate of drug-likeness (QED) is 0.327. The Morgan fingerprint density at radius 3 is 1.97 bits per heavy atom. The zero-order chi connectivity index (χ0) is 23.4. The molecule has 0 bridgehead atoms. The Bertz CT molecular complexity index is 1200. The number of para-hydroxylation sites is 1. The number of rotatable bonds is 7. The monoisotopic (exact) mass is 452 g/mol. The minimum Gasteiger partial charge on any atom is -0.497 e. The van der Waals surface area contributed by atoms with Crippen LogP contribution < -0.4 is 14.2 Å². The fraction of sp³-hybridized carbons (Fsp3) is 0.200. The van der Waals surface area contributed by atoms with Crippen molar-refractivity contribution in [1.82, 2.24) is 0 Å². The smallest absolute Gasteiger partial charge is 0.201 e. The first kappa shape index (κ1) is 22.1. The maximum Gasteiger partial charge on any atom is 0.201 e. The molecule has 172 valence electrons. The topological polar surface area (TPSA) is 36.9 Å². The molecule has 0 fully saturated rings. The molecule has 5 rings (SSSR count). The van der Waals surface area contributed by atoms with E-state index in [4.69, 9.17) is 18.9 Å². The minimum atomic E-state index is -0.890. The van der Waals surface area contributed by atoms with Crippen molar-refractivity contribution in [3.63, 3.8) is 0 Å². The Balaban J connectivity index is 1.66. The zero-order valence-corrected chi connectivity index (χ0v) is 19.4. The van der Waals surface area contributed by atoms with E-state index in [1.165, 1.54) is 5.56 Å². The van der Waals surface area contributed by atoms with Gasteiger partial charge in [-0.1, -0.05) is 72.8 Å². The molecular formula is C30H28O4. The first-order chi connectivity index (χ1) is 16.7. The highest BCUT2D eigenvalue weighted by molar-refractivity contribution is 5.56. The summed E-state index contributed by atoms with van der Waals surface area (Å²) in [6.07, 6.45) is 1.13. The molecule has 0 spiro atoms. The van der Waals surface area contributed by atoms with Gasteiger partial charge in [-0.05, 0) is 53.4 Å². The van der Waals surface area contributed by atoms with E-state index < -0.39 is 11.9 Å². The van der Waals surface area contributed by atoms with Crippen molar-refractivity contribution >= 4 is 0 Å². The number of ether oxygens (including phenoxy) is 4. The third-order valence-electron chi connectivity index (χ3n) is 6.30. The first-order valence-corrected chi connectivity index (χ1v) is 11.5. The summed E-state index contributed by atoms with van der Waals surface area (Å²) >= 11 is 0. The molecule has 4 aromatic rings. The van der Waals surface area contributed by atoms with Gasteiger partial charge < -0.3 is 18.9 Å². The molecule has 1 heterocycles. The van der Waals surface area contributed by atoms with E-state index in [0.717, 1.165) is 40.4 Å². The lowest BCUT2D eigenvalue weighted by molar-refractivity contribution is -0.165. The Kier molecular flexibility index (Phi) is 6.24. The third kappa shape index (κ3) is 4.13. The van der Waals surface area contributed by atoms with Crippen molar-refractivity contribution in [3.05, 3.63) is 125 Å². The van der Waals surface area contributed by atoms with E-state index in [2.05, 4.69) is 42.5 Å². The largest absolute Gasteiger partial charge is 0.497 e. The van der Waals surface area contributed by atoms with Gasteiger partial charge in [-0.15, -0.1) is 0 Å². The molecule has 0 amide bonds. The maximum absolute atomic E-state index is 6.96. The highest BCUT2D eigenvalue weighted by Gasteiger charge is 2.46. The number of benzene rings is 4. The minimum absolute atomic E-state index is 0.437. The fourth-order valence-corrected chi connectivity index (χ4v) is 4.63. The molecule has 4 aromatic carbocycles. The van der Waals surface area contributed by atoms with Crippen LogP contribution in [0.1, 0.15) is 28.7 Å². The lowest BCUT2D eigenvalue weighted by Gasteiger charge is -2.43. The molecule has 1 aliphatic rings. The van der Waals surface area contributed by atoms with Crippen LogP contribution in [0.25, 0.3) is 0 Å². The summed E-state index contributed by atoms with van der Waals surface area (Å²) < 4.78 is 24.5. The summed E-state index contributed by atoms with van der Waals surface area (Å²) in [5.74, 6) is 2.36. The highest BCUT2D eigenvalue weighted by Crippen LogP contribution is 2.49. The molecular weight excluding hydrogens is 424 g/mol. The van der Waals surface area contributed by atoms with Crippen molar-refractivity contribution in [1.29, 1.82) is 0 Å². The van der Waals surface area contributed by atoms with E-state index in [1.807, 2.05) is 60.7 Å². The Labute approximate surface area is 200 Å². The molecule has 1 unspecified atom stereocenters. The van der Waals surface area contributed by atoms with Crippen LogP contribution in [-0.2, 0) is 16.8 Å². The lowest BCUT2D eigenvalue weighted by atomic mass is 9.78. The van der Waals surface area contributed by atoms with Crippen molar-refractivity contribution in [2.75, 3.05) is 14.2 Å². The number of methoxy groups -OCH3 is 2. The maximum atomic E-state index is 6.96. The molecule has 0 N–H and O–H groups in total. The van der Waals surface area contributed by atoms with Crippen LogP contribution in [0.5, 0.6) is 17.2 Å². The Morgan fingerprint density at radius 2 is 1.32 bits per heavy atom. The van der Waals surface area contributed by atoms with Crippen molar-refractivity contribution in [3.8, 4) is 17.2 Å². The number of hydrogen-bond acceptors (Lipinski definition) is 4. The zero-order valence-electron chi connectivity index (χ0n) is 19.4. The number of aryl methyl sites for hydroxylation is 1. The van der Waals surface area contributed by atoms with Crippen LogP contribution in [0.15, 0.2) is 103 Å². The van der Waals surface area contributed by atoms with E-state index in [1.54, 1.807) is 14.2 Å². The Morgan fingerprint density at radius 1 is 0.706 bits per heavy atom. The standard InChI is InChI=1S/C30H28O4/c1-31-25-14-8-12-23(20-25)30(24-13-9-15-26(21-24)32-2)27-16-6-7-17-28(27)33-29(34-30)19-18-22-10-4-3-5-11-22/h3-17,20-21,29H,18-19H2,1-2H3. The molecule has 0 aliphatic carbocycles. The first-order valence-electron chi connectivity index (χ1n) is 11.5.